The summed E-state index contributed by atoms with van der Waals surface area (Å²) in [5, 5.41) is 11.9. The molecule has 0 aromatic heterocycles. The van der Waals surface area contributed by atoms with E-state index in [9.17, 15) is 18.3 Å². The lowest BCUT2D eigenvalue weighted by Crippen LogP contribution is -2.54. The summed E-state index contributed by atoms with van der Waals surface area (Å²) in [5.74, 6) is 0.382. The number of carbonyl (C=O) groups excluding carboxylic acids is 1. The molecular weight excluding hydrogens is 614 g/mol. The highest BCUT2D eigenvalue weighted by Crippen LogP contribution is 2.47. The van der Waals surface area contributed by atoms with Crippen LogP contribution < -0.4 is 14.4 Å². The number of carbonyl (C=O) groups is 1. The Hall–Kier alpha value is -2.63. The smallest absolute Gasteiger partial charge is 0.304 e. The third kappa shape index (κ3) is 5.89. The van der Waals surface area contributed by atoms with Crippen LogP contribution in [0.4, 0.5) is 5.69 Å². The molecule has 242 valence electrons. The van der Waals surface area contributed by atoms with Crippen LogP contribution in [0.2, 0.25) is 5.02 Å². The Balaban J connectivity index is 1.26. The minimum absolute atomic E-state index is 0.00106. The molecule has 2 bridgehead atoms. The first-order valence-corrected chi connectivity index (χ1v) is 18.0. The molecule has 2 heterocycles. The molecule has 3 aliphatic carbocycles. The van der Waals surface area contributed by atoms with Crippen LogP contribution in [-0.2, 0) is 26.8 Å². The average molecular weight is 656 g/mol. The highest BCUT2D eigenvalue weighted by atomic mass is 35.5. The maximum atomic E-state index is 13.6. The summed E-state index contributed by atoms with van der Waals surface area (Å²) in [5.41, 5.74) is 3.27. The number of halogens is 1. The van der Waals surface area contributed by atoms with Gasteiger partial charge in [0.15, 0.2) is 0 Å². The molecule has 2 N–H and O–H groups in total. The van der Waals surface area contributed by atoms with Crippen molar-refractivity contribution in [3.05, 3.63) is 70.3 Å². The molecule has 9 nitrogen and oxygen atoms in total. The van der Waals surface area contributed by atoms with Gasteiger partial charge in [-0.05, 0) is 105 Å². The summed E-state index contributed by atoms with van der Waals surface area (Å²) in [6.07, 6.45) is 9.57. The van der Waals surface area contributed by atoms with Crippen LogP contribution in [0.3, 0.4) is 0 Å². The molecule has 45 heavy (non-hydrogen) atoms. The maximum Gasteiger partial charge on any atom is 0.304 e. The van der Waals surface area contributed by atoms with Crippen LogP contribution >= 0.6 is 11.6 Å². The van der Waals surface area contributed by atoms with E-state index in [4.69, 9.17) is 21.1 Å². The van der Waals surface area contributed by atoms with Gasteiger partial charge in [0.1, 0.15) is 5.75 Å². The molecule has 0 radical (unpaired) electrons. The number of amides is 1. The SMILES string of the molecule is COC1CC(N2CC/C=C/[C@H](O)[C@@H]3CC[C@H]3CN3C[C@@]4(CCCc5cc(Cl)ccc54)COc4ccc(cc43)C(=O)NS2(=O)=O)C1. The number of aryl methyl sites for hydroxylation is 1. The Morgan fingerprint density at radius 3 is 2.78 bits per heavy atom. The molecule has 1 spiro atoms. The van der Waals surface area contributed by atoms with E-state index < -0.39 is 22.2 Å². The molecule has 4 atom stereocenters. The minimum atomic E-state index is -4.14. The highest BCUT2D eigenvalue weighted by Gasteiger charge is 2.45. The molecule has 2 fully saturated rings. The number of aliphatic hydroxyl groups excluding tert-OH is 1. The number of hydrogen-bond donors (Lipinski definition) is 2. The topological polar surface area (TPSA) is 108 Å². The van der Waals surface area contributed by atoms with Gasteiger partial charge in [-0.25, -0.2) is 4.72 Å². The average Bonchev–Trinajstić information content (AvgIpc) is 3.12. The zero-order valence-electron chi connectivity index (χ0n) is 25.7. The van der Waals surface area contributed by atoms with Gasteiger partial charge in [-0.15, -0.1) is 0 Å². The molecule has 1 amide bonds. The number of benzene rings is 2. The van der Waals surface area contributed by atoms with E-state index in [1.807, 2.05) is 18.2 Å². The Morgan fingerprint density at radius 1 is 1.16 bits per heavy atom. The van der Waals surface area contributed by atoms with Gasteiger partial charge in [-0.3, -0.25) is 4.79 Å². The van der Waals surface area contributed by atoms with E-state index in [-0.39, 0.29) is 41.5 Å². The van der Waals surface area contributed by atoms with E-state index in [1.54, 1.807) is 25.3 Å². The summed E-state index contributed by atoms with van der Waals surface area (Å²) >= 11 is 6.40. The molecule has 11 heteroatoms. The van der Waals surface area contributed by atoms with E-state index in [2.05, 4.69) is 21.8 Å². The summed E-state index contributed by atoms with van der Waals surface area (Å²) in [6.45, 7) is 2.09. The van der Waals surface area contributed by atoms with Gasteiger partial charge in [0.05, 0.1) is 24.5 Å². The van der Waals surface area contributed by atoms with Crippen LogP contribution in [0.5, 0.6) is 5.75 Å². The van der Waals surface area contributed by atoms with Gasteiger partial charge in [0.2, 0.25) is 0 Å². The lowest BCUT2D eigenvalue weighted by Gasteiger charge is -2.45. The number of rotatable bonds is 2. The molecular formula is C34H42ClN3O6S. The molecule has 2 aliphatic heterocycles. The first kappa shape index (κ1) is 31.0. The zero-order valence-corrected chi connectivity index (χ0v) is 27.2. The fraction of sp³-hybridized carbons (Fsp3) is 0.559. The van der Waals surface area contributed by atoms with Crippen molar-refractivity contribution in [3.63, 3.8) is 0 Å². The minimum Gasteiger partial charge on any atom is -0.490 e. The number of hydrogen-bond acceptors (Lipinski definition) is 7. The van der Waals surface area contributed by atoms with Gasteiger partial charge in [-0.2, -0.15) is 12.7 Å². The first-order chi connectivity index (χ1) is 21.7. The summed E-state index contributed by atoms with van der Waals surface area (Å²) in [4.78, 5) is 15.9. The van der Waals surface area contributed by atoms with Crippen LogP contribution in [-0.4, -0.2) is 75.3 Å². The molecule has 0 saturated heterocycles. The van der Waals surface area contributed by atoms with Crippen molar-refractivity contribution in [1.82, 2.24) is 9.03 Å². The van der Waals surface area contributed by atoms with Gasteiger partial charge in [0.25, 0.3) is 5.91 Å². The fourth-order valence-corrected chi connectivity index (χ4v) is 9.66. The Morgan fingerprint density at radius 2 is 2.00 bits per heavy atom. The lowest BCUT2D eigenvalue weighted by molar-refractivity contribution is -0.00402. The van der Waals surface area contributed by atoms with E-state index in [0.29, 0.717) is 44.7 Å². The second-order valence-corrected chi connectivity index (χ2v) is 15.6. The zero-order chi connectivity index (χ0) is 31.3. The molecule has 2 aromatic rings. The Bertz CT molecular complexity index is 1590. The molecule has 5 aliphatic rings. The highest BCUT2D eigenvalue weighted by molar-refractivity contribution is 7.87. The predicted molar refractivity (Wildman–Crippen MR) is 173 cm³/mol. The third-order valence-electron chi connectivity index (χ3n) is 10.9. The van der Waals surface area contributed by atoms with Crippen molar-refractivity contribution in [2.75, 3.05) is 38.3 Å². The fourth-order valence-electron chi connectivity index (χ4n) is 8.09. The van der Waals surface area contributed by atoms with Crippen LogP contribution in [0.25, 0.3) is 0 Å². The van der Waals surface area contributed by atoms with E-state index in [1.165, 1.54) is 15.4 Å². The summed E-state index contributed by atoms with van der Waals surface area (Å²) < 4.78 is 42.9. The van der Waals surface area contributed by atoms with Crippen LogP contribution in [0, 0.1) is 11.8 Å². The van der Waals surface area contributed by atoms with Crippen molar-refractivity contribution >= 4 is 33.4 Å². The second kappa shape index (κ2) is 12.2. The van der Waals surface area contributed by atoms with Crippen molar-refractivity contribution in [2.24, 2.45) is 11.8 Å². The van der Waals surface area contributed by atoms with Gasteiger partial charge in [-0.1, -0.05) is 29.8 Å². The second-order valence-electron chi connectivity index (χ2n) is 13.5. The number of ether oxygens (including phenoxy) is 2. The van der Waals surface area contributed by atoms with Crippen molar-refractivity contribution < 1.29 is 27.8 Å². The monoisotopic (exact) mass is 655 g/mol. The number of fused-ring (bicyclic) bond motifs is 4. The molecule has 2 saturated carbocycles. The predicted octanol–water partition coefficient (Wildman–Crippen LogP) is 4.61. The largest absolute Gasteiger partial charge is 0.490 e. The van der Waals surface area contributed by atoms with Gasteiger partial charge >= 0.3 is 10.2 Å². The summed E-state index contributed by atoms with van der Waals surface area (Å²) in [7, 11) is -2.51. The van der Waals surface area contributed by atoms with Crippen molar-refractivity contribution in [2.45, 2.75) is 75.0 Å². The van der Waals surface area contributed by atoms with Gasteiger partial charge in [0, 0.05) is 48.8 Å². The Labute approximate surface area is 270 Å². The van der Waals surface area contributed by atoms with Crippen molar-refractivity contribution in [3.8, 4) is 5.75 Å². The van der Waals surface area contributed by atoms with E-state index in [0.717, 1.165) is 42.8 Å². The van der Waals surface area contributed by atoms with E-state index >= 15 is 0 Å². The molecule has 2 aromatic carbocycles. The third-order valence-corrected chi connectivity index (χ3v) is 12.6. The maximum absolute atomic E-state index is 13.6. The number of nitrogens with zero attached hydrogens (tertiary/aromatic N) is 2. The molecule has 7 rings (SSSR count). The first-order valence-electron chi connectivity index (χ1n) is 16.2. The lowest BCUT2D eigenvalue weighted by atomic mass is 9.68. The van der Waals surface area contributed by atoms with Gasteiger partial charge < -0.3 is 19.5 Å². The number of nitrogens with one attached hydrogen (secondary N) is 1. The number of aliphatic hydroxyl groups is 1. The molecule has 0 unspecified atom stereocenters. The number of anilines is 1. The standard InChI is InChI=1S/C34H42ClN3O6S/c1-43-27-17-26(18-27)38-14-3-2-6-31(39)28-10-7-24(28)19-37-20-34(13-4-5-22-15-25(35)9-11-29(22)34)21-44-32-12-8-23(16-30(32)37)33(40)36-45(38,41)42/h2,6,8-9,11-12,15-16,24,26-28,31,39H,3-5,7,10,13-14,17-21H2,1H3,(H,36,40)/b6-2+/t24-,26?,27?,28+,31-,34-/m0/s1. The number of methoxy groups -OCH3 is 1. The van der Waals surface area contributed by atoms with Crippen LogP contribution in [0.1, 0.15) is 66.4 Å². The Kier molecular flexibility index (Phi) is 8.40. The van der Waals surface area contributed by atoms with Crippen LogP contribution in [0.15, 0.2) is 48.6 Å². The normalized spacial score (nSPS) is 33.8. The summed E-state index contributed by atoms with van der Waals surface area (Å²) in [6, 6.07) is 11.1. The van der Waals surface area contributed by atoms with Crippen molar-refractivity contribution in [1.29, 1.82) is 0 Å². The quantitative estimate of drug-likeness (QED) is 0.455.